The average molecular weight is 1240 g/mol. The Bertz CT molecular complexity index is 1640. The van der Waals surface area contributed by atoms with Crippen molar-refractivity contribution in [1.82, 2.24) is 0 Å². The molecule has 3 unspecified atom stereocenters. The Kier molecular flexibility index (Phi) is 57.4. The van der Waals surface area contributed by atoms with Gasteiger partial charge in [0.2, 0.25) is 0 Å². The van der Waals surface area contributed by atoms with Crippen LogP contribution in [-0.4, -0.2) is 96.7 Å². The minimum Gasteiger partial charge on any atom is -0.462 e. The van der Waals surface area contributed by atoms with Gasteiger partial charge in [-0.2, -0.15) is 0 Å². The zero-order chi connectivity index (χ0) is 62.0. The van der Waals surface area contributed by atoms with Gasteiger partial charge >= 0.3 is 39.5 Å². The zero-order valence-electron chi connectivity index (χ0n) is 54.0. The molecule has 0 bridgehead atoms. The Morgan fingerprint density at radius 3 is 0.845 bits per heavy atom. The highest BCUT2D eigenvalue weighted by Gasteiger charge is 2.30. The first-order valence-electron chi connectivity index (χ1n) is 34.2. The number of unbranched alkanes of at least 4 members (excludes halogenated alkanes) is 36. The standard InChI is InChI=1S/C65H126O17P2/c1-6-10-13-16-19-21-30-34-39-44-49-63(68)76-55-61(82-65(70)51-46-41-36-31-27-25-23-22-24-26-29-33-37-42-47-58(5)9-4)57-80-84(73,74)78-53-59(66)52-77-83(71,72)79-56-60(54-75-62(67)48-43-38-32-18-15-12-8-3)81-64(69)50-45-40-35-28-20-17-14-11-7-2/h58-61,66H,6-57H2,1-5H3,(H,71,72)(H,73,74)/t58?,59-,60+,61+/m0/s1. The fraction of sp³-hybridized carbons (Fsp3) is 0.938. The van der Waals surface area contributed by atoms with Crippen LogP contribution in [0.25, 0.3) is 0 Å². The van der Waals surface area contributed by atoms with E-state index in [2.05, 4.69) is 34.6 Å². The summed E-state index contributed by atoms with van der Waals surface area (Å²) >= 11 is 0. The molecule has 0 aliphatic rings. The van der Waals surface area contributed by atoms with Crippen molar-refractivity contribution >= 4 is 39.5 Å². The van der Waals surface area contributed by atoms with Gasteiger partial charge in [-0.25, -0.2) is 9.13 Å². The van der Waals surface area contributed by atoms with Gasteiger partial charge in [0.15, 0.2) is 12.2 Å². The van der Waals surface area contributed by atoms with Gasteiger partial charge in [-0.3, -0.25) is 37.3 Å². The molecule has 19 heteroatoms. The first-order chi connectivity index (χ1) is 40.6. The smallest absolute Gasteiger partial charge is 0.462 e. The van der Waals surface area contributed by atoms with E-state index < -0.39 is 97.5 Å². The van der Waals surface area contributed by atoms with Crippen molar-refractivity contribution in [3.05, 3.63) is 0 Å². The Hall–Kier alpha value is -1.94. The van der Waals surface area contributed by atoms with E-state index in [9.17, 15) is 43.2 Å². The van der Waals surface area contributed by atoms with Crippen molar-refractivity contribution in [2.24, 2.45) is 5.92 Å². The van der Waals surface area contributed by atoms with Crippen LogP contribution in [0, 0.1) is 5.92 Å². The minimum atomic E-state index is -4.94. The zero-order valence-corrected chi connectivity index (χ0v) is 55.8. The first kappa shape index (κ1) is 82.1. The van der Waals surface area contributed by atoms with Crippen LogP contribution >= 0.6 is 15.6 Å². The molecule has 0 amide bonds. The summed E-state index contributed by atoms with van der Waals surface area (Å²) in [5, 5.41) is 10.5. The molecule has 84 heavy (non-hydrogen) atoms. The van der Waals surface area contributed by atoms with E-state index in [1.54, 1.807) is 0 Å². The summed E-state index contributed by atoms with van der Waals surface area (Å²) in [6, 6.07) is 0. The van der Waals surface area contributed by atoms with E-state index in [4.69, 9.17) is 37.0 Å². The fourth-order valence-electron chi connectivity index (χ4n) is 9.73. The minimum absolute atomic E-state index is 0.105. The molecule has 0 saturated heterocycles. The molecule has 0 saturated carbocycles. The van der Waals surface area contributed by atoms with Crippen molar-refractivity contribution in [2.75, 3.05) is 39.6 Å². The van der Waals surface area contributed by atoms with Crippen molar-refractivity contribution in [3.63, 3.8) is 0 Å². The summed E-state index contributed by atoms with van der Waals surface area (Å²) in [6.07, 6.45) is 43.1. The molecular weight excluding hydrogens is 1110 g/mol. The maximum absolute atomic E-state index is 13.0. The van der Waals surface area contributed by atoms with E-state index >= 15 is 0 Å². The number of phosphoric acid groups is 2. The van der Waals surface area contributed by atoms with Crippen LogP contribution in [0.15, 0.2) is 0 Å². The molecule has 0 spiro atoms. The lowest BCUT2D eigenvalue weighted by Gasteiger charge is -2.21. The van der Waals surface area contributed by atoms with Gasteiger partial charge in [0.25, 0.3) is 0 Å². The third-order valence-corrected chi connectivity index (χ3v) is 17.3. The summed E-state index contributed by atoms with van der Waals surface area (Å²) < 4.78 is 67.9. The second kappa shape index (κ2) is 58.7. The monoisotopic (exact) mass is 1240 g/mol. The van der Waals surface area contributed by atoms with E-state index in [0.29, 0.717) is 25.7 Å². The predicted octanol–water partition coefficient (Wildman–Crippen LogP) is 18.2. The molecule has 3 N–H and O–H groups in total. The maximum Gasteiger partial charge on any atom is 0.472 e. The molecule has 0 heterocycles. The summed E-state index contributed by atoms with van der Waals surface area (Å²) in [6.45, 7) is 7.19. The molecule has 0 aromatic carbocycles. The fourth-order valence-corrected chi connectivity index (χ4v) is 11.3. The number of hydrogen-bond acceptors (Lipinski definition) is 15. The topological polar surface area (TPSA) is 237 Å². The number of esters is 4. The summed E-state index contributed by atoms with van der Waals surface area (Å²) in [7, 11) is -9.88. The number of aliphatic hydroxyl groups is 1. The van der Waals surface area contributed by atoms with Crippen LogP contribution in [0.5, 0.6) is 0 Å². The average Bonchev–Trinajstić information content (AvgIpc) is 3.49. The van der Waals surface area contributed by atoms with Crippen molar-refractivity contribution < 1.29 is 80.2 Å². The Morgan fingerprint density at radius 2 is 0.571 bits per heavy atom. The van der Waals surface area contributed by atoms with Crippen LogP contribution in [0.3, 0.4) is 0 Å². The van der Waals surface area contributed by atoms with Gasteiger partial charge in [0, 0.05) is 25.7 Å². The van der Waals surface area contributed by atoms with Crippen molar-refractivity contribution in [2.45, 2.75) is 348 Å². The quantitative estimate of drug-likeness (QED) is 0.0222. The predicted molar refractivity (Wildman–Crippen MR) is 335 cm³/mol. The van der Waals surface area contributed by atoms with Gasteiger partial charge in [-0.1, -0.05) is 279 Å². The molecule has 0 aromatic heterocycles. The lowest BCUT2D eigenvalue weighted by molar-refractivity contribution is -0.161. The highest BCUT2D eigenvalue weighted by atomic mass is 31.2. The number of phosphoric ester groups is 2. The van der Waals surface area contributed by atoms with Crippen LogP contribution in [0.1, 0.15) is 330 Å². The molecule has 6 atom stereocenters. The van der Waals surface area contributed by atoms with Gasteiger partial charge < -0.3 is 33.8 Å². The van der Waals surface area contributed by atoms with Crippen molar-refractivity contribution in [1.29, 1.82) is 0 Å². The van der Waals surface area contributed by atoms with E-state index in [0.717, 1.165) is 109 Å². The number of aliphatic hydroxyl groups excluding tert-OH is 1. The van der Waals surface area contributed by atoms with Crippen LogP contribution in [-0.2, 0) is 65.4 Å². The van der Waals surface area contributed by atoms with Gasteiger partial charge in [0.05, 0.1) is 26.4 Å². The second-order valence-corrected chi connectivity index (χ2v) is 26.7. The first-order valence-corrected chi connectivity index (χ1v) is 37.2. The normalized spacial score (nSPS) is 14.5. The highest BCUT2D eigenvalue weighted by Crippen LogP contribution is 2.45. The van der Waals surface area contributed by atoms with Crippen LogP contribution < -0.4 is 0 Å². The molecule has 0 radical (unpaired) electrons. The van der Waals surface area contributed by atoms with Gasteiger partial charge in [-0.15, -0.1) is 0 Å². The molecule has 498 valence electrons. The lowest BCUT2D eigenvalue weighted by atomic mass is 9.99. The number of ether oxygens (including phenoxy) is 4. The summed E-state index contributed by atoms with van der Waals surface area (Å²) in [5.74, 6) is -1.29. The molecule has 0 fully saturated rings. The number of rotatable bonds is 65. The highest BCUT2D eigenvalue weighted by molar-refractivity contribution is 7.47. The lowest BCUT2D eigenvalue weighted by Crippen LogP contribution is -2.30. The Labute approximate surface area is 511 Å². The Balaban J connectivity index is 5.16. The second-order valence-electron chi connectivity index (χ2n) is 23.7. The molecular formula is C65H126O17P2. The SMILES string of the molecule is CCCCCCCCCCCCC(=O)OC[C@H](COP(=O)(O)OC[C@@H](O)COP(=O)(O)OC[C@@H](COC(=O)CCCCCCCCC)OC(=O)CCCCCCCCCCC)OC(=O)CCCCCCCCCCCCCCCCC(C)CC. The number of carbonyl (C=O) groups is 4. The number of hydrogen-bond donors (Lipinski definition) is 3. The molecule has 0 aromatic rings. The molecule has 0 aliphatic heterocycles. The molecule has 0 aliphatic carbocycles. The molecule has 0 rings (SSSR count). The summed E-state index contributed by atoms with van der Waals surface area (Å²) in [4.78, 5) is 72.1. The molecule has 17 nitrogen and oxygen atoms in total. The van der Waals surface area contributed by atoms with Crippen LogP contribution in [0.4, 0.5) is 0 Å². The third-order valence-electron chi connectivity index (χ3n) is 15.4. The summed E-state index contributed by atoms with van der Waals surface area (Å²) in [5.41, 5.74) is 0. The van der Waals surface area contributed by atoms with Gasteiger partial charge in [0.1, 0.15) is 19.3 Å². The Morgan fingerprint density at radius 1 is 0.333 bits per heavy atom. The van der Waals surface area contributed by atoms with Crippen molar-refractivity contribution in [3.8, 4) is 0 Å². The largest absolute Gasteiger partial charge is 0.472 e. The number of carbonyl (C=O) groups excluding carboxylic acids is 4. The van der Waals surface area contributed by atoms with E-state index in [-0.39, 0.29) is 25.7 Å². The van der Waals surface area contributed by atoms with Gasteiger partial charge in [-0.05, 0) is 31.6 Å². The van der Waals surface area contributed by atoms with E-state index in [1.165, 1.54) is 141 Å². The maximum atomic E-state index is 13.0. The van der Waals surface area contributed by atoms with E-state index in [1.807, 2.05) is 0 Å². The third kappa shape index (κ3) is 57.8. The van der Waals surface area contributed by atoms with Crippen LogP contribution in [0.2, 0.25) is 0 Å².